The number of benzene rings is 6. The molecule has 3 aromatic heterocycles. The summed E-state index contributed by atoms with van der Waals surface area (Å²) in [6.45, 7) is 3.60. The number of morpholine rings is 1. The average Bonchev–Trinajstić information content (AvgIpc) is 1.72. The number of nitrogens with zero attached hydrogens (tertiary/aromatic N) is 12. The number of aromatic amines is 2. The number of hydrogen-bond acceptors (Lipinski definition) is 28. The second-order valence-corrected chi connectivity index (χ2v) is 27.4. The van der Waals surface area contributed by atoms with Crippen LogP contribution in [-0.2, 0) is 89.5 Å². The van der Waals surface area contributed by atoms with E-state index in [1.165, 1.54) is 56.3 Å². The predicted molar refractivity (Wildman–Crippen MR) is 331 cm³/mol. The number of carboxylic acids is 2. The molecule has 1 saturated heterocycles. The van der Waals surface area contributed by atoms with Crippen molar-refractivity contribution in [3.8, 4) is 11.4 Å². The molecule has 0 saturated carbocycles. The van der Waals surface area contributed by atoms with Crippen molar-refractivity contribution in [1.29, 1.82) is 0 Å². The van der Waals surface area contributed by atoms with E-state index in [1.807, 2.05) is 0 Å². The van der Waals surface area contributed by atoms with Gasteiger partial charge >= 0.3 is 182 Å². The van der Waals surface area contributed by atoms with E-state index >= 15 is 0 Å². The van der Waals surface area contributed by atoms with Gasteiger partial charge in [0.25, 0.3) is 31.4 Å². The van der Waals surface area contributed by atoms with Crippen LogP contribution in [0.4, 0.5) is 40.1 Å². The number of carbonyl (C=O) groups excluding carboxylic acids is 2. The summed E-state index contributed by atoms with van der Waals surface area (Å²) < 4.78 is 190. The molecule has 1 aliphatic heterocycles. The van der Waals surface area contributed by atoms with Crippen molar-refractivity contribution < 1.29 is 271 Å². The van der Waals surface area contributed by atoms with Crippen LogP contribution in [0.15, 0.2) is 180 Å². The Balaban J connectivity index is 0.00000409. The Bertz CT molecular complexity index is 5870. The number of azo groups is 2. The Hall–Kier alpha value is -5.08. The molecule has 0 amide bonds. The van der Waals surface area contributed by atoms with Gasteiger partial charge in [-0.1, -0.05) is 80.6 Å². The molecule has 0 bridgehead atoms. The van der Waals surface area contributed by atoms with E-state index in [1.54, 1.807) is 4.90 Å². The van der Waals surface area contributed by atoms with Gasteiger partial charge in [-0.25, -0.2) is 35.2 Å². The van der Waals surface area contributed by atoms with Gasteiger partial charge in [0.2, 0.25) is 17.2 Å². The van der Waals surface area contributed by atoms with Gasteiger partial charge in [-0.2, -0.15) is 21.8 Å². The first-order chi connectivity index (χ1) is 46.0. The minimum Gasteiger partial charge on any atom is -0.744 e. The SMILES string of the molecule is Cc1[n-]n(-c2ccc(C=Cc3ccc(N=c4nc(N5CCOCC5)[nH]c(=Nc5ccc(C=Cc6ccc(-n7[n-]c(C)c(N=Nc8ccc(S(=O)(=O)[O-])cc8C(=O)[O-])c7=O)cc6S(=O)(=O)O)c(S(=O)(=O)[O-])c5)[nH]4)cc3S(=O)(=O)[O-])c(S(=O)(=O)O)c2)c(=O)c1N=Nc1ccccc1C(=O)[O-].[Cu+2].[Cu+2].[Na+].[Na+].[Na+].[Na+].[Na+]. The maximum Gasteiger partial charge on any atom is 2.00 e. The van der Waals surface area contributed by atoms with Gasteiger partial charge in [-0.05, 0) is 95.1 Å². The molecular formula is C57H41Cu2N14Na5O22S5+2. The predicted octanol–water partition coefficient (Wildman–Crippen LogP) is -13.0. The number of rotatable bonds is 20. The molecule has 526 valence electrons. The monoisotopic (exact) mass is 1670 g/mol. The van der Waals surface area contributed by atoms with Gasteiger partial charge in [-0.15, -0.1) is 31.8 Å². The van der Waals surface area contributed by atoms with E-state index in [0.29, 0.717) is 10.7 Å². The van der Waals surface area contributed by atoms with Crippen LogP contribution in [0, 0.1) is 13.8 Å². The van der Waals surface area contributed by atoms with Crippen LogP contribution in [0.25, 0.3) is 35.7 Å². The number of carbonyl (C=O) groups is 2. The van der Waals surface area contributed by atoms with Crippen molar-refractivity contribution in [3.63, 3.8) is 0 Å². The van der Waals surface area contributed by atoms with Crippen molar-refractivity contribution in [3.05, 3.63) is 192 Å². The number of carboxylic acid groups (broad SMARTS) is 2. The Morgan fingerprint density at radius 3 is 1.37 bits per heavy atom. The normalized spacial score (nSPS) is 13.1. The van der Waals surface area contributed by atoms with Gasteiger partial charge in [0.1, 0.15) is 51.5 Å². The van der Waals surface area contributed by atoms with Gasteiger partial charge in [0.15, 0.2) is 0 Å². The molecule has 1 fully saturated rings. The number of aromatic carboxylic acids is 2. The van der Waals surface area contributed by atoms with Crippen molar-refractivity contribution in [1.82, 2.24) is 34.5 Å². The van der Waals surface area contributed by atoms with Crippen LogP contribution >= 0.6 is 0 Å². The largest absolute Gasteiger partial charge is 2.00 e. The summed E-state index contributed by atoms with van der Waals surface area (Å²) in [4.78, 5) is 66.5. The first-order valence-electron chi connectivity index (χ1n) is 27.4. The number of anilines is 1. The second kappa shape index (κ2) is 38.5. The third-order valence-electron chi connectivity index (χ3n) is 14.0. The minimum atomic E-state index is -5.41. The molecule has 6 aromatic carbocycles. The van der Waals surface area contributed by atoms with Crippen LogP contribution < -0.4 is 195 Å². The van der Waals surface area contributed by atoms with Crippen LogP contribution in [-0.4, -0.2) is 127 Å². The summed E-state index contributed by atoms with van der Waals surface area (Å²) in [6, 6.07) is 20.1. The third kappa shape index (κ3) is 23.0. The molecule has 9 aromatic rings. The molecule has 4 heterocycles. The zero-order chi connectivity index (χ0) is 71.0. The fourth-order valence-corrected chi connectivity index (χ4v) is 12.7. The number of H-pyrrole nitrogens is 2. The van der Waals surface area contributed by atoms with Crippen molar-refractivity contribution in [2.75, 3.05) is 31.2 Å². The molecular weight excluding hydrogens is 1640 g/mol. The van der Waals surface area contributed by atoms with Crippen LogP contribution in [0.1, 0.15) is 54.4 Å². The topological polar surface area (TPSA) is 564 Å². The molecule has 0 aliphatic carbocycles. The molecule has 48 heteroatoms. The van der Waals surface area contributed by atoms with Gasteiger partial charge in [0, 0.05) is 35.6 Å². The first kappa shape index (κ1) is 94.1. The van der Waals surface area contributed by atoms with E-state index in [4.69, 9.17) is 4.74 Å². The zero-order valence-corrected chi connectivity index (χ0v) is 71.1. The molecule has 1 aliphatic rings. The van der Waals surface area contributed by atoms with Crippen LogP contribution in [0.5, 0.6) is 0 Å². The van der Waals surface area contributed by atoms with Crippen molar-refractivity contribution in [2.45, 2.75) is 38.3 Å². The van der Waals surface area contributed by atoms with E-state index < -0.39 is 115 Å². The molecule has 0 atom stereocenters. The molecule has 0 unspecified atom stereocenters. The number of hydrogen-bond donors (Lipinski definition) is 4. The van der Waals surface area contributed by atoms with Crippen LogP contribution in [0.2, 0.25) is 0 Å². The Kier molecular flexibility index (Phi) is 34.5. The molecule has 36 nitrogen and oxygen atoms in total. The number of nitrogens with one attached hydrogen (secondary N) is 2. The summed E-state index contributed by atoms with van der Waals surface area (Å²) in [6.07, 6.45) is 4.09. The smallest absolute Gasteiger partial charge is 0.744 e. The standard InChI is InChI=1S/C57H48N14O22S5.2Cu.5Na/c1-30-49(65-63-43-6-4-3-5-41(43)53(74)75)51(72)70(67-30)38-17-13-34(47(27-38)97(87,88)89)9-7-32-11-15-36(25-45(32)95(81,82)83)58-55-60-56(62-57(61-55)69-21-23-93-24-22-69)59-37-16-12-33(46(26-37)96(84,85)86)8-10-35-14-18-39(28-48(35)98(90,91)92)71-52(73)50(31(2)68-71)66-64-44-20-19-40(94(78,79)80)29-42(44)54(76)77;;;;;;;/h3-20,25-29H,21-24H2,1-2H3,(H11,58,59,60,61,62,63,64,67,68,72,73,74,75,76,77,78,79,80,81,82,83,84,85,86,87,88,89,90,91,92);;;;;;;/q;2*+2;5*+1/p-7. The maximum absolute atomic E-state index is 13.5. The second-order valence-electron chi connectivity index (χ2n) is 20.5. The molecule has 4 N–H and O–H groups in total. The summed E-state index contributed by atoms with van der Waals surface area (Å²) >= 11 is 0. The average molecular weight is 1680 g/mol. The number of ether oxygens (including phenoxy) is 1. The fourth-order valence-electron chi connectivity index (χ4n) is 9.41. The van der Waals surface area contributed by atoms with Crippen molar-refractivity contribution in [2.24, 2.45) is 30.4 Å². The minimum absolute atomic E-state index is 0. The first-order valence-corrected chi connectivity index (χ1v) is 34.5. The summed E-state index contributed by atoms with van der Waals surface area (Å²) in [7, 11) is -26.2. The van der Waals surface area contributed by atoms with Crippen LogP contribution in [0.3, 0.4) is 0 Å². The Morgan fingerprint density at radius 1 is 0.524 bits per heavy atom. The third-order valence-corrected chi connectivity index (χ3v) is 18.4. The molecule has 0 spiro atoms. The van der Waals surface area contributed by atoms with E-state index in [2.05, 4.69) is 55.6 Å². The Labute approximate surface area is 726 Å². The molecule has 105 heavy (non-hydrogen) atoms. The fraction of sp³-hybridized carbons (Fsp3) is 0.105. The van der Waals surface area contributed by atoms with E-state index in [-0.39, 0.29) is 299 Å². The number of aromatic nitrogens is 7. The van der Waals surface area contributed by atoms with Gasteiger partial charge < -0.3 is 62.7 Å². The quantitative estimate of drug-likeness (QED) is 0.0238. The van der Waals surface area contributed by atoms with Gasteiger partial charge in [-0.3, -0.25) is 28.7 Å². The number of aryl methyl sites for hydroxylation is 2. The van der Waals surface area contributed by atoms with E-state index in [9.17, 15) is 94.2 Å². The summed E-state index contributed by atoms with van der Waals surface area (Å²) in [5, 5.41) is 46.5. The molecule has 2 radical (unpaired) electrons. The summed E-state index contributed by atoms with van der Waals surface area (Å²) in [5.74, 6) is -3.44. The van der Waals surface area contributed by atoms with E-state index in [0.717, 1.165) is 95.7 Å². The molecule has 10 rings (SSSR count). The Morgan fingerprint density at radius 2 is 0.943 bits per heavy atom. The summed E-state index contributed by atoms with van der Waals surface area (Å²) in [5.41, 5.74) is -7.61. The van der Waals surface area contributed by atoms with Gasteiger partial charge in [0.05, 0.1) is 62.6 Å². The zero-order valence-electron chi connectivity index (χ0n) is 55.2. The maximum atomic E-state index is 13.5. The van der Waals surface area contributed by atoms with Crippen molar-refractivity contribution >= 4 is 127 Å².